The highest BCUT2D eigenvalue weighted by molar-refractivity contribution is 8.60. The molecular weight excluding hydrogens is 165 g/mol. The van der Waals surface area contributed by atoms with Gasteiger partial charge in [-0.2, -0.15) is 0 Å². The summed E-state index contributed by atoms with van der Waals surface area (Å²) in [4.78, 5) is 0. The molecule has 0 aromatic rings. The lowest BCUT2D eigenvalue weighted by Gasteiger charge is -2.07. The van der Waals surface area contributed by atoms with E-state index in [-0.39, 0.29) is 6.15 Å². The van der Waals surface area contributed by atoms with E-state index in [1.54, 1.807) is 0 Å². The molecular formula is C2H10NO2PS2. The normalized spacial score (nSPS) is 24.6. The molecule has 0 bridgehead atoms. The second kappa shape index (κ2) is 4.73. The van der Waals surface area contributed by atoms with Crippen molar-refractivity contribution < 1.29 is 17.3 Å². The lowest BCUT2D eigenvalue weighted by atomic mass is 11.8. The summed E-state index contributed by atoms with van der Waals surface area (Å²) < 4.78 is 48.3. The highest BCUT2D eigenvalue weighted by atomic mass is 32.9. The zero-order valence-corrected chi connectivity index (χ0v) is 6.43. The van der Waals surface area contributed by atoms with Crippen molar-refractivity contribution in [3.8, 4) is 0 Å². The van der Waals surface area contributed by atoms with Gasteiger partial charge in [0, 0.05) is 14.1 Å². The van der Waals surface area contributed by atoms with E-state index < -0.39 is 19.8 Å². The quantitative estimate of drug-likeness (QED) is 0.502. The van der Waals surface area contributed by atoms with Crippen LogP contribution in [0, 0.1) is 0 Å². The number of hydrogen-bond acceptors (Lipinski definition) is 4. The van der Waals surface area contributed by atoms with Gasteiger partial charge in [0.25, 0.3) is 0 Å². The summed E-state index contributed by atoms with van der Waals surface area (Å²) in [6.07, 6.45) is 0. The molecule has 0 radical (unpaired) electrons. The molecule has 0 atom stereocenters. The first-order chi connectivity index (χ1) is 5.41. The van der Waals surface area contributed by atoms with Crippen LogP contribution in [-0.2, 0) is 20.9 Å². The highest BCUT2D eigenvalue weighted by Crippen LogP contribution is 2.51. The smallest absolute Gasteiger partial charge is 0.243 e. The van der Waals surface area contributed by atoms with Gasteiger partial charge in [0.1, 0.15) is 0 Å². The Bertz CT molecular complexity index is 207. The number of thiol groups is 1. The Balaban J connectivity index is 0. The Morgan fingerprint density at radius 2 is 2.00 bits per heavy atom. The fourth-order valence-electron chi connectivity index (χ4n) is 0.0186. The summed E-state index contributed by atoms with van der Waals surface area (Å²) in [6.45, 7) is 0. The van der Waals surface area contributed by atoms with E-state index in [4.69, 9.17) is 8.22 Å². The van der Waals surface area contributed by atoms with E-state index in [1.807, 2.05) is 0 Å². The minimum atomic E-state index is -3.53. The minimum absolute atomic E-state index is 0. The van der Waals surface area contributed by atoms with Crippen LogP contribution < -0.4 is 6.15 Å². The predicted octanol–water partition coefficient (Wildman–Crippen LogP) is 1.60. The molecule has 0 amide bonds. The largest absolute Gasteiger partial charge is 0.344 e. The molecule has 8 heavy (non-hydrogen) atoms. The second-order valence-corrected chi connectivity index (χ2v) is 5.79. The zero-order valence-electron chi connectivity index (χ0n) is 9.83. The molecule has 3 nitrogen and oxygen atoms in total. The maximum atomic E-state index is 6.65. The lowest BCUT2D eigenvalue weighted by Crippen LogP contribution is -1.76. The lowest BCUT2D eigenvalue weighted by molar-refractivity contribution is 0.354. The van der Waals surface area contributed by atoms with Crippen molar-refractivity contribution in [3.05, 3.63) is 0 Å². The maximum absolute atomic E-state index is 6.65. The van der Waals surface area contributed by atoms with Crippen LogP contribution in [0.1, 0.15) is 8.22 Å². The number of hydrogen-bond donors (Lipinski definition) is 2. The van der Waals surface area contributed by atoms with Crippen molar-refractivity contribution in [3.63, 3.8) is 0 Å². The van der Waals surface area contributed by atoms with Gasteiger partial charge >= 0.3 is 0 Å². The molecule has 0 aliphatic rings. The molecule has 0 spiro atoms. The Morgan fingerprint density at radius 1 is 1.62 bits per heavy atom. The molecule has 0 rings (SSSR count). The Hall–Kier alpha value is 0.880. The zero-order chi connectivity index (χ0) is 10.9. The van der Waals surface area contributed by atoms with E-state index in [9.17, 15) is 0 Å². The van der Waals surface area contributed by atoms with Gasteiger partial charge in [0.15, 0.2) is 0 Å². The standard InChI is InChI=1S/C2H7O2PS2.H3N/c1-3-5(6,7)4-2;/h1-2H3,(H,6,7);1H3/i1D3,2D3;. The molecule has 0 aliphatic carbocycles. The van der Waals surface area contributed by atoms with Crippen molar-refractivity contribution in [2.45, 2.75) is 0 Å². The highest BCUT2D eigenvalue weighted by Gasteiger charge is 2.04. The van der Waals surface area contributed by atoms with Crippen LogP contribution in [0.3, 0.4) is 0 Å². The van der Waals surface area contributed by atoms with Crippen molar-refractivity contribution >= 4 is 29.7 Å². The van der Waals surface area contributed by atoms with Crippen LogP contribution in [0.2, 0.25) is 0 Å². The van der Waals surface area contributed by atoms with Gasteiger partial charge in [-0.3, -0.25) is 0 Å². The first-order valence-corrected chi connectivity index (χ1v) is 4.95. The van der Waals surface area contributed by atoms with Gasteiger partial charge < -0.3 is 15.2 Å². The predicted molar refractivity (Wildman–Crippen MR) is 42.3 cm³/mol. The van der Waals surface area contributed by atoms with Crippen molar-refractivity contribution in [1.82, 2.24) is 6.15 Å². The van der Waals surface area contributed by atoms with E-state index in [0.717, 1.165) is 0 Å². The average molecular weight is 181 g/mol. The van der Waals surface area contributed by atoms with E-state index in [1.165, 1.54) is 0 Å². The first-order valence-electron chi connectivity index (χ1n) is 4.16. The minimum Gasteiger partial charge on any atom is -0.344 e. The third kappa shape index (κ3) is 5.03. The summed E-state index contributed by atoms with van der Waals surface area (Å²) in [5.41, 5.74) is -3.53. The van der Waals surface area contributed by atoms with Crippen molar-refractivity contribution in [2.75, 3.05) is 14.1 Å². The monoisotopic (exact) mass is 181 g/mol. The summed E-state index contributed by atoms with van der Waals surface area (Å²) >= 11 is 7.99. The van der Waals surface area contributed by atoms with Gasteiger partial charge in [0.2, 0.25) is 5.69 Å². The molecule has 3 N–H and O–H groups in total. The van der Waals surface area contributed by atoms with Crippen LogP contribution in [0.5, 0.6) is 0 Å². The van der Waals surface area contributed by atoms with Crippen molar-refractivity contribution in [2.24, 2.45) is 0 Å². The molecule has 0 fully saturated rings. The molecule has 0 saturated carbocycles. The van der Waals surface area contributed by atoms with E-state index in [0.29, 0.717) is 0 Å². The van der Waals surface area contributed by atoms with Gasteiger partial charge in [-0.25, -0.2) is 0 Å². The Morgan fingerprint density at radius 3 is 2.25 bits per heavy atom. The molecule has 52 valence electrons. The summed E-state index contributed by atoms with van der Waals surface area (Å²) in [5, 5.41) is 0. The Labute approximate surface area is 68.1 Å². The molecule has 6 heteroatoms. The van der Waals surface area contributed by atoms with Crippen LogP contribution in [0.4, 0.5) is 0 Å². The second-order valence-electron chi connectivity index (χ2n) is 0.651. The fourth-order valence-corrected chi connectivity index (χ4v) is 0.0559. The van der Waals surface area contributed by atoms with E-state index >= 15 is 0 Å². The molecule has 0 aliphatic heterocycles. The van der Waals surface area contributed by atoms with Gasteiger partial charge in [-0.05, 0) is 11.8 Å². The molecule has 0 heterocycles. The summed E-state index contributed by atoms with van der Waals surface area (Å²) in [7, 11) is -5.61. The fraction of sp³-hybridized carbons (Fsp3) is 1.00. The molecule has 0 aromatic heterocycles. The van der Waals surface area contributed by atoms with Crippen LogP contribution in [0.15, 0.2) is 0 Å². The summed E-state index contributed by atoms with van der Waals surface area (Å²) in [5.74, 6) is 0. The SMILES string of the molecule is N.[2H]C([2H])([2H])OP(=S)(S)OC([2H])([2H])[2H]. The van der Waals surface area contributed by atoms with Gasteiger partial charge in [0.05, 0.1) is 8.22 Å². The van der Waals surface area contributed by atoms with Crippen LogP contribution in [0.25, 0.3) is 0 Å². The average Bonchev–Trinajstić information content (AvgIpc) is 1.43. The van der Waals surface area contributed by atoms with Gasteiger partial charge in [-0.15, -0.1) is 0 Å². The third-order valence-electron chi connectivity index (χ3n) is 0.231. The molecule has 0 aromatic carbocycles. The van der Waals surface area contributed by atoms with E-state index in [2.05, 4.69) is 33.1 Å². The Kier molecular flexibility index (Phi) is 1.97. The topological polar surface area (TPSA) is 53.5 Å². The van der Waals surface area contributed by atoms with Crippen molar-refractivity contribution in [1.29, 1.82) is 0 Å². The first kappa shape index (κ1) is 3.32. The summed E-state index contributed by atoms with van der Waals surface area (Å²) in [6, 6.07) is 0. The van der Waals surface area contributed by atoms with Crippen LogP contribution >= 0.6 is 17.9 Å². The molecule has 0 saturated heterocycles. The maximum Gasteiger partial charge on any atom is 0.243 e. The third-order valence-corrected chi connectivity index (χ3v) is 1.63. The number of rotatable bonds is 2. The van der Waals surface area contributed by atoms with Crippen LogP contribution in [-0.4, -0.2) is 14.1 Å². The van der Waals surface area contributed by atoms with Gasteiger partial charge in [-0.1, -0.05) is 12.2 Å². The molecule has 0 unspecified atom stereocenters.